The van der Waals surface area contributed by atoms with E-state index in [0.29, 0.717) is 13.2 Å². The molecule has 8 heteroatoms. The van der Waals surface area contributed by atoms with Crippen molar-refractivity contribution in [2.75, 3.05) is 13.2 Å². The molecular weight excluding hydrogens is 263 g/mol. The Kier molecular flexibility index (Phi) is 4.08. The highest BCUT2D eigenvalue weighted by molar-refractivity contribution is 5.75. The molecule has 2 heterocycles. The summed E-state index contributed by atoms with van der Waals surface area (Å²) in [7, 11) is 0. The van der Waals surface area contributed by atoms with E-state index in [4.69, 9.17) is 4.74 Å². The van der Waals surface area contributed by atoms with Crippen molar-refractivity contribution in [1.82, 2.24) is 15.1 Å². The first-order valence-corrected chi connectivity index (χ1v) is 5.94. The van der Waals surface area contributed by atoms with Gasteiger partial charge in [-0.1, -0.05) is 0 Å². The molecule has 106 valence electrons. The van der Waals surface area contributed by atoms with Gasteiger partial charge in [-0.2, -0.15) is 18.3 Å². The Labute approximate surface area is 107 Å². The fourth-order valence-electron chi connectivity index (χ4n) is 1.84. The lowest BCUT2D eigenvalue weighted by molar-refractivity contribution is -0.141. The lowest BCUT2D eigenvalue weighted by Crippen LogP contribution is -2.34. The van der Waals surface area contributed by atoms with Crippen molar-refractivity contribution in [3.8, 4) is 0 Å². The maximum atomic E-state index is 12.3. The summed E-state index contributed by atoms with van der Waals surface area (Å²) in [6.07, 6.45) is -1.49. The van der Waals surface area contributed by atoms with Gasteiger partial charge in [-0.25, -0.2) is 0 Å². The monoisotopic (exact) mass is 277 g/mol. The number of hydrogen-bond acceptors (Lipinski definition) is 3. The molecule has 1 N–H and O–H groups in total. The third-order valence-electron chi connectivity index (χ3n) is 2.79. The predicted molar refractivity (Wildman–Crippen MR) is 59.2 cm³/mol. The number of carbonyl (C=O) groups excluding carboxylic acids is 1. The van der Waals surface area contributed by atoms with Crippen LogP contribution >= 0.6 is 0 Å². The molecule has 1 aliphatic heterocycles. The quantitative estimate of drug-likeness (QED) is 0.899. The van der Waals surface area contributed by atoms with E-state index >= 15 is 0 Å². The van der Waals surface area contributed by atoms with Gasteiger partial charge in [0.2, 0.25) is 5.91 Å². The summed E-state index contributed by atoms with van der Waals surface area (Å²) in [5.41, 5.74) is -1.00. The second-order valence-corrected chi connectivity index (χ2v) is 4.34. The van der Waals surface area contributed by atoms with E-state index in [-0.39, 0.29) is 18.6 Å². The second-order valence-electron chi connectivity index (χ2n) is 4.34. The molecule has 1 fully saturated rings. The van der Waals surface area contributed by atoms with Crippen LogP contribution in [0.5, 0.6) is 0 Å². The summed E-state index contributed by atoms with van der Waals surface area (Å²) in [6.45, 7) is 0.837. The van der Waals surface area contributed by atoms with Crippen LogP contribution in [0.2, 0.25) is 0 Å². The highest BCUT2D eigenvalue weighted by Crippen LogP contribution is 2.27. The Hall–Kier alpha value is -1.57. The third kappa shape index (κ3) is 3.95. The molecule has 0 saturated carbocycles. The van der Waals surface area contributed by atoms with Crippen LogP contribution in [0.15, 0.2) is 12.3 Å². The van der Waals surface area contributed by atoms with Gasteiger partial charge in [0.1, 0.15) is 6.54 Å². The van der Waals surface area contributed by atoms with Gasteiger partial charge in [0.25, 0.3) is 0 Å². The molecule has 5 nitrogen and oxygen atoms in total. The van der Waals surface area contributed by atoms with Crippen LogP contribution in [0, 0.1) is 0 Å². The first-order valence-electron chi connectivity index (χ1n) is 5.94. The molecule has 19 heavy (non-hydrogen) atoms. The number of hydrogen-bond donors (Lipinski definition) is 1. The molecule has 0 unspecified atom stereocenters. The highest BCUT2D eigenvalue weighted by Gasteiger charge is 2.33. The number of nitrogens with one attached hydrogen (secondary N) is 1. The first-order chi connectivity index (χ1) is 8.95. The van der Waals surface area contributed by atoms with Crippen molar-refractivity contribution in [1.29, 1.82) is 0 Å². The fourth-order valence-corrected chi connectivity index (χ4v) is 1.84. The SMILES string of the molecule is O=C(Cn1ccc(C(F)(F)F)n1)NC[C@@H]1CCCO1. The van der Waals surface area contributed by atoms with Crippen molar-refractivity contribution in [3.05, 3.63) is 18.0 Å². The minimum Gasteiger partial charge on any atom is -0.376 e. The minimum absolute atomic E-state index is 0.00677. The molecule has 0 radical (unpaired) electrons. The molecular formula is C11H14F3N3O2. The largest absolute Gasteiger partial charge is 0.435 e. The van der Waals surface area contributed by atoms with Gasteiger partial charge in [-0.3, -0.25) is 9.48 Å². The zero-order valence-electron chi connectivity index (χ0n) is 10.1. The maximum absolute atomic E-state index is 12.3. The number of rotatable bonds is 4. The molecule has 0 bridgehead atoms. The fraction of sp³-hybridized carbons (Fsp3) is 0.636. The normalized spacial score (nSPS) is 19.6. The Morgan fingerprint density at radius 2 is 2.37 bits per heavy atom. The molecule has 1 aliphatic rings. The summed E-state index contributed by atoms with van der Waals surface area (Å²) < 4.78 is 43.2. The number of ether oxygens (including phenoxy) is 1. The number of amides is 1. The molecule has 2 rings (SSSR count). The van der Waals surface area contributed by atoms with Crippen molar-refractivity contribution in [2.45, 2.75) is 31.7 Å². The summed E-state index contributed by atoms with van der Waals surface area (Å²) in [5.74, 6) is -0.382. The van der Waals surface area contributed by atoms with Gasteiger partial charge in [0.15, 0.2) is 5.69 Å². The summed E-state index contributed by atoms with van der Waals surface area (Å²) >= 11 is 0. The third-order valence-corrected chi connectivity index (χ3v) is 2.79. The van der Waals surface area contributed by atoms with E-state index in [0.717, 1.165) is 29.8 Å². The Morgan fingerprint density at radius 3 is 2.95 bits per heavy atom. The Bertz CT molecular complexity index is 439. The van der Waals surface area contributed by atoms with Gasteiger partial charge in [-0.05, 0) is 18.9 Å². The zero-order chi connectivity index (χ0) is 13.9. The number of aromatic nitrogens is 2. The van der Waals surface area contributed by atoms with E-state index in [1.807, 2.05) is 0 Å². The van der Waals surface area contributed by atoms with Crippen LogP contribution in [0.4, 0.5) is 13.2 Å². The molecule has 1 amide bonds. The van der Waals surface area contributed by atoms with Crippen LogP contribution < -0.4 is 5.32 Å². The number of carbonyl (C=O) groups is 1. The van der Waals surface area contributed by atoms with Gasteiger partial charge in [0.05, 0.1) is 6.10 Å². The molecule has 1 saturated heterocycles. The molecule has 1 atom stereocenters. The zero-order valence-corrected chi connectivity index (χ0v) is 10.1. The summed E-state index contributed by atoms with van der Waals surface area (Å²) in [6, 6.07) is 0.841. The van der Waals surface area contributed by atoms with Gasteiger partial charge < -0.3 is 10.1 Å². The topological polar surface area (TPSA) is 56.2 Å². The summed E-state index contributed by atoms with van der Waals surface area (Å²) in [5, 5.41) is 5.92. The molecule has 0 aromatic carbocycles. The van der Waals surface area contributed by atoms with Gasteiger partial charge >= 0.3 is 6.18 Å². The van der Waals surface area contributed by atoms with Crippen LogP contribution in [-0.4, -0.2) is 34.9 Å². The average Bonchev–Trinajstić information content (AvgIpc) is 2.95. The van der Waals surface area contributed by atoms with Crippen LogP contribution in [-0.2, 0) is 22.3 Å². The molecule has 1 aromatic heterocycles. The second kappa shape index (κ2) is 5.60. The molecule has 0 spiro atoms. The van der Waals surface area contributed by atoms with Gasteiger partial charge in [0, 0.05) is 19.3 Å². The predicted octanol–water partition coefficient (Wildman–Crippen LogP) is 1.20. The minimum atomic E-state index is -4.49. The lowest BCUT2D eigenvalue weighted by atomic mass is 10.2. The standard InChI is InChI=1S/C11H14F3N3O2/c12-11(13,14)9-3-4-17(16-9)7-10(18)15-6-8-2-1-5-19-8/h3-4,8H,1-2,5-7H2,(H,15,18)/t8-/m0/s1. The first kappa shape index (κ1) is 13.9. The van der Waals surface area contributed by atoms with Crippen molar-refractivity contribution in [2.24, 2.45) is 0 Å². The van der Waals surface area contributed by atoms with Crippen molar-refractivity contribution in [3.63, 3.8) is 0 Å². The van der Waals surface area contributed by atoms with Gasteiger partial charge in [-0.15, -0.1) is 0 Å². The number of halogens is 3. The summed E-state index contributed by atoms with van der Waals surface area (Å²) in [4.78, 5) is 11.5. The Balaban J connectivity index is 1.80. The average molecular weight is 277 g/mol. The van der Waals surface area contributed by atoms with E-state index in [1.54, 1.807) is 0 Å². The molecule has 1 aromatic rings. The van der Waals surface area contributed by atoms with E-state index < -0.39 is 11.9 Å². The number of nitrogens with zero attached hydrogens (tertiary/aromatic N) is 2. The van der Waals surface area contributed by atoms with E-state index in [2.05, 4.69) is 10.4 Å². The molecule has 0 aliphatic carbocycles. The highest BCUT2D eigenvalue weighted by atomic mass is 19.4. The number of alkyl halides is 3. The smallest absolute Gasteiger partial charge is 0.376 e. The van der Waals surface area contributed by atoms with Crippen molar-refractivity contribution >= 4 is 5.91 Å². The lowest BCUT2D eigenvalue weighted by Gasteiger charge is -2.10. The van der Waals surface area contributed by atoms with Crippen LogP contribution in [0.3, 0.4) is 0 Å². The van der Waals surface area contributed by atoms with Crippen LogP contribution in [0.25, 0.3) is 0 Å². The van der Waals surface area contributed by atoms with Crippen molar-refractivity contribution < 1.29 is 22.7 Å². The van der Waals surface area contributed by atoms with Crippen LogP contribution in [0.1, 0.15) is 18.5 Å². The van der Waals surface area contributed by atoms with E-state index in [1.165, 1.54) is 0 Å². The van der Waals surface area contributed by atoms with E-state index in [9.17, 15) is 18.0 Å². The maximum Gasteiger partial charge on any atom is 0.435 e. The Morgan fingerprint density at radius 1 is 1.58 bits per heavy atom.